The van der Waals surface area contributed by atoms with Gasteiger partial charge < -0.3 is 15.4 Å². The molecular weight excluding hydrogens is 349 g/mol. The predicted molar refractivity (Wildman–Crippen MR) is 92.6 cm³/mol. The van der Waals surface area contributed by atoms with Crippen LogP contribution in [0.15, 0.2) is 30.5 Å². The lowest BCUT2D eigenvalue weighted by Crippen LogP contribution is -2.30. The van der Waals surface area contributed by atoms with E-state index < -0.39 is 0 Å². The van der Waals surface area contributed by atoms with Crippen molar-refractivity contribution in [2.24, 2.45) is 0 Å². The average Bonchev–Trinajstić information content (AvgIpc) is 3.10. The van der Waals surface area contributed by atoms with Gasteiger partial charge in [0, 0.05) is 6.07 Å². The Morgan fingerprint density at radius 3 is 2.96 bits per heavy atom. The highest BCUT2D eigenvalue weighted by Crippen LogP contribution is 2.17. The number of hydrogen-bond donors (Lipinski definition) is 2. The first-order valence-electron chi connectivity index (χ1n) is 8.01. The van der Waals surface area contributed by atoms with Crippen LogP contribution < -0.4 is 15.4 Å². The number of ether oxygens (including phenoxy) is 1. The number of carbonyl (C=O) groups excluding carboxylic acids is 1. The third-order valence-corrected chi connectivity index (χ3v) is 3.88. The number of carbonyl (C=O) groups is 1. The first-order valence-corrected chi connectivity index (χ1v) is 8.01. The Morgan fingerprint density at radius 2 is 2.20 bits per heavy atom. The van der Waals surface area contributed by atoms with Gasteiger partial charge in [-0.05, 0) is 38.1 Å². The lowest BCUT2D eigenvalue weighted by atomic mass is 10.1. The van der Waals surface area contributed by atoms with Crippen LogP contribution in [0.5, 0.6) is 5.75 Å². The Labute approximate surface area is 151 Å². The Balaban J connectivity index is 0.00000225. The zero-order valence-corrected chi connectivity index (χ0v) is 14.5. The van der Waals surface area contributed by atoms with E-state index in [1.807, 2.05) is 0 Å². The van der Waals surface area contributed by atoms with Crippen LogP contribution in [0.2, 0.25) is 0 Å². The van der Waals surface area contributed by atoms with E-state index in [-0.39, 0.29) is 36.8 Å². The summed E-state index contributed by atoms with van der Waals surface area (Å²) in [7, 11) is 0. The molecule has 1 amide bonds. The van der Waals surface area contributed by atoms with E-state index in [4.69, 9.17) is 4.74 Å². The minimum Gasteiger partial charge on any atom is -0.492 e. The lowest BCUT2D eigenvalue weighted by Gasteiger charge is -2.22. The smallest absolute Gasteiger partial charge is 0.273 e. The second kappa shape index (κ2) is 9.33. The maximum atomic E-state index is 13.0. The van der Waals surface area contributed by atoms with Gasteiger partial charge in [0.05, 0.1) is 18.8 Å². The van der Waals surface area contributed by atoms with Crippen LogP contribution in [0.4, 0.5) is 4.39 Å². The largest absolute Gasteiger partial charge is 0.492 e. The molecule has 1 saturated heterocycles. The number of amides is 1. The van der Waals surface area contributed by atoms with Crippen molar-refractivity contribution in [3.63, 3.8) is 0 Å². The summed E-state index contributed by atoms with van der Waals surface area (Å²) in [5.41, 5.74) is 0.291. The molecular formula is C16H21ClFN5O2. The quantitative estimate of drug-likeness (QED) is 0.755. The van der Waals surface area contributed by atoms with E-state index >= 15 is 0 Å². The van der Waals surface area contributed by atoms with Crippen molar-refractivity contribution in [1.29, 1.82) is 0 Å². The van der Waals surface area contributed by atoms with Gasteiger partial charge in [0.25, 0.3) is 5.91 Å². The average molecular weight is 370 g/mol. The van der Waals surface area contributed by atoms with E-state index in [1.54, 1.807) is 23.0 Å². The van der Waals surface area contributed by atoms with Crippen LogP contribution in [0, 0.1) is 5.82 Å². The van der Waals surface area contributed by atoms with Gasteiger partial charge in [0.2, 0.25) is 0 Å². The number of aromatic nitrogens is 3. The maximum Gasteiger partial charge on any atom is 0.273 e. The molecule has 0 aliphatic carbocycles. The molecule has 1 aromatic carbocycles. The van der Waals surface area contributed by atoms with Gasteiger partial charge in [-0.15, -0.1) is 17.5 Å². The Kier molecular flexibility index (Phi) is 7.15. The number of piperidine rings is 1. The monoisotopic (exact) mass is 369 g/mol. The van der Waals surface area contributed by atoms with Gasteiger partial charge in [-0.2, -0.15) is 0 Å². The molecule has 2 heterocycles. The standard InChI is InChI=1S/C16H20FN5O2.ClH/c17-12-2-1-3-14(10-12)24-9-8-19-16(23)15-11-22(21-20-15)13-4-6-18-7-5-13;/h1-3,10-11,13,18H,4-9H2,(H,19,23);1H. The summed E-state index contributed by atoms with van der Waals surface area (Å²) in [6.07, 6.45) is 3.64. The van der Waals surface area contributed by atoms with Crippen LogP contribution in [-0.2, 0) is 0 Å². The van der Waals surface area contributed by atoms with Crippen LogP contribution >= 0.6 is 12.4 Å². The minimum atomic E-state index is -0.355. The fourth-order valence-electron chi connectivity index (χ4n) is 2.61. The maximum absolute atomic E-state index is 13.0. The molecule has 3 rings (SSSR count). The fraction of sp³-hybridized carbons (Fsp3) is 0.438. The Morgan fingerprint density at radius 1 is 1.40 bits per heavy atom. The summed E-state index contributed by atoms with van der Waals surface area (Å²) >= 11 is 0. The number of halogens is 2. The number of rotatable bonds is 6. The van der Waals surface area contributed by atoms with Crippen LogP contribution in [0.3, 0.4) is 0 Å². The zero-order chi connectivity index (χ0) is 16.8. The topological polar surface area (TPSA) is 81.1 Å². The molecule has 1 aliphatic heterocycles. The minimum absolute atomic E-state index is 0. The van der Waals surface area contributed by atoms with Crippen molar-refractivity contribution in [2.45, 2.75) is 18.9 Å². The highest BCUT2D eigenvalue weighted by molar-refractivity contribution is 5.91. The van der Waals surface area contributed by atoms with Crippen molar-refractivity contribution in [3.8, 4) is 5.75 Å². The summed E-state index contributed by atoms with van der Waals surface area (Å²) in [5.74, 6) is -0.217. The molecule has 0 atom stereocenters. The summed E-state index contributed by atoms with van der Waals surface area (Å²) in [6.45, 7) is 2.44. The molecule has 2 aromatic rings. The van der Waals surface area contributed by atoms with E-state index in [0.717, 1.165) is 25.9 Å². The van der Waals surface area contributed by atoms with Gasteiger partial charge in [-0.25, -0.2) is 9.07 Å². The zero-order valence-electron chi connectivity index (χ0n) is 13.7. The first-order chi connectivity index (χ1) is 11.7. The fourth-order valence-corrected chi connectivity index (χ4v) is 2.61. The second-order valence-electron chi connectivity index (χ2n) is 5.63. The van der Waals surface area contributed by atoms with Crippen LogP contribution in [0.1, 0.15) is 29.4 Å². The number of benzene rings is 1. The van der Waals surface area contributed by atoms with Crippen molar-refractivity contribution < 1.29 is 13.9 Å². The van der Waals surface area contributed by atoms with Crippen LogP contribution in [-0.4, -0.2) is 47.1 Å². The Bertz CT molecular complexity index is 691. The van der Waals surface area contributed by atoms with Crippen LogP contribution in [0.25, 0.3) is 0 Å². The van der Waals surface area contributed by atoms with Gasteiger partial charge in [-0.1, -0.05) is 11.3 Å². The summed E-state index contributed by atoms with van der Waals surface area (Å²) in [6, 6.07) is 6.17. The highest BCUT2D eigenvalue weighted by Gasteiger charge is 2.18. The highest BCUT2D eigenvalue weighted by atomic mass is 35.5. The second-order valence-corrected chi connectivity index (χ2v) is 5.63. The number of nitrogens with zero attached hydrogens (tertiary/aromatic N) is 3. The van der Waals surface area contributed by atoms with E-state index in [2.05, 4.69) is 20.9 Å². The predicted octanol–water partition coefficient (Wildman–Crippen LogP) is 1.57. The molecule has 0 spiro atoms. The lowest BCUT2D eigenvalue weighted by molar-refractivity contribution is 0.0942. The molecule has 0 bridgehead atoms. The molecule has 1 aliphatic rings. The van der Waals surface area contributed by atoms with Crippen molar-refractivity contribution in [1.82, 2.24) is 25.6 Å². The summed E-state index contributed by atoms with van der Waals surface area (Å²) in [4.78, 5) is 12.1. The van der Waals surface area contributed by atoms with Gasteiger partial charge in [0.15, 0.2) is 5.69 Å². The number of hydrogen-bond acceptors (Lipinski definition) is 5. The first kappa shape index (κ1) is 19.1. The molecule has 7 nitrogen and oxygen atoms in total. The van der Waals surface area contributed by atoms with E-state index in [9.17, 15) is 9.18 Å². The molecule has 25 heavy (non-hydrogen) atoms. The SMILES string of the molecule is Cl.O=C(NCCOc1cccc(F)c1)c1cn(C2CCNCC2)nn1. The molecule has 1 aromatic heterocycles. The summed E-state index contributed by atoms with van der Waals surface area (Å²) in [5, 5.41) is 14.0. The summed E-state index contributed by atoms with van der Waals surface area (Å²) < 4.78 is 20.1. The van der Waals surface area contributed by atoms with Gasteiger partial charge in [-0.3, -0.25) is 4.79 Å². The van der Waals surface area contributed by atoms with Crippen molar-refractivity contribution in [2.75, 3.05) is 26.2 Å². The molecule has 1 fully saturated rings. The molecule has 0 unspecified atom stereocenters. The molecule has 9 heteroatoms. The van der Waals surface area contributed by atoms with Crippen molar-refractivity contribution in [3.05, 3.63) is 42.0 Å². The van der Waals surface area contributed by atoms with Gasteiger partial charge in [0.1, 0.15) is 18.2 Å². The van der Waals surface area contributed by atoms with Gasteiger partial charge >= 0.3 is 0 Å². The molecule has 0 saturated carbocycles. The third kappa shape index (κ3) is 5.40. The van der Waals surface area contributed by atoms with E-state index in [1.165, 1.54) is 12.1 Å². The Hall–Kier alpha value is -2.19. The van der Waals surface area contributed by atoms with E-state index in [0.29, 0.717) is 18.0 Å². The normalized spacial score (nSPS) is 14.6. The van der Waals surface area contributed by atoms with Crippen molar-refractivity contribution >= 4 is 18.3 Å². The third-order valence-electron chi connectivity index (χ3n) is 3.88. The number of nitrogens with one attached hydrogen (secondary N) is 2. The molecule has 0 radical (unpaired) electrons. The molecule has 2 N–H and O–H groups in total. The molecule has 136 valence electrons.